The first-order chi connectivity index (χ1) is 8.17. The van der Waals surface area contributed by atoms with Crippen molar-refractivity contribution in [2.24, 2.45) is 12.8 Å². The van der Waals surface area contributed by atoms with Crippen LogP contribution in [0.25, 0.3) is 11.3 Å². The number of hydrogen-bond acceptors (Lipinski definition) is 3. The van der Waals surface area contributed by atoms with E-state index in [1.54, 1.807) is 11.8 Å². The summed E-state index contributed by atoms with van der Waals surface area (Å²) >= 11 is 1.74. The summed E-state index contributed by atoms with van der Waals surface area (Å²) in [5.41, 5.74) is 9.01. The van der Waals surface area contributed by atoms with Gasteiger partial charge in [0, 0.05) is 24.1 Å². The number of benzene rings is 1. The van der Waals surface area contributed by atoms with Gasteiger partial charge in [-0.25, -0.2) is 4.98 Å². The third-order valence-electron chi connectivity index (χ3n) is 2.99. The van der Waals surface area contributed by atoms with Crippen LogP contribution in [0.2, 0.25) is 0 Å². The lowest BCUT2D eigenvalue weighted by atomic mass is 10.1. The molecule has 1 aromatic carbocycles. The Bertz CT molecular complexity index is 514. The maximum atomic E-state index is 5.79. The lowest BCUT2D eigenvalue weighted by Crippen LogP contribution is -2.05. The number of hydrogen-bond donors (Lipinski definition) is 1. The van der Waals surface area contributed by atoms with Crippen LogP contribution in [-0.2, 0) is 13.6 Å². The highest BCUT2D eigenvalue weighted by Gasteiger charge is 2.12. The normalized spacial score (nSPS) is 10.8. The van der Waals surface area contributed by atoms with Gasteiger partial charge in [0.1, 0.15) is 5.82 Å². The van der Waals surface area contributed by atoms with E-state index in [0.29, 0.717) is 6.54 Å². The molecule has 0 spiro atoms. The van der Waals surface area contributed by atoms with Gasteiger partial charge in [0.25, 0.3) is 0 Å². The Morgan fingerprint density at radius 2 is 1.94 bits per heavy atom. The molecule has 17 heavy (non-hydrogen) atoms. The van der Waals surface area contributed by atoms with Crippen molar-refractivity contribution in [3.05, 3.63) is 35.8 Å². The van der Waals surface area contributed by atoms with Crippen molar-refractivity contribution in [1.29, 1.82) is 0 Å². The molecule has 0 saturated heterocycles. The fraction of sp³-hybridized carbons (Fsp3) is 0.308. The largest absolute Gasteiger partial charge is 0.334 e. The van der Waals surface area contributed by atoms with Gasteiger partial charge in [0.15, 0.2) is 0 Å². The molecule has 0 aliphatic heterocycles. The molecule has 2 aromatic rings. The Morgan fingerprint density at radius 3 is 2.47 bits per heavy atom. The molecule has 1 heterocycles. The van der Waals surface area contributed by atoms with E-state index in [2.05, 4.69) is 40.1 Å². The molecule has 0 bridgehead atoms. The molecule has 0 aliphatic rings. The molecule has 0 fully saturated rings. The monoisotopic (exact) mass is 247 g/mol. The zero-order chi connectivity index (χ0) is 12.4. The molecule has 0 unspecified atom stereocenters. The highest BCUT2D eigenvalue weighted by molar-refractivity contribution is 7.98. The van der Waals surface area contributed by atoms with Gasteiger partial charge >= 0.3 is 0 Å². The summed E-state index contributed by atoms with van der Waals surface area (Å²) in [6.45, 7) is 2.51. The Balaban J connectivity index is 2.48. The molecule has 4 heteroatoms. The van der Waals surface area contributed by atoms with Crippen molar-refractivity contribution >= 4 is 11.8 Å². The second-order valence-corrected chi connectivity index (χ2v) is 4.83. The van der Waals surface area contributed by atoms with Crippen molar-refractivity contribution in [2.75, 3.05) is 6.26 Å². The molecule has 90 valence electrons. The van der Waals surface area contributed by atoms with Gasteiger partial charge in [-0.15, -0.1) is 11.8 Å². The average Bonchev–Trinajstić information content (AvgIpc) is 2.65. The molecule has 0 radical (unpaired) electrons. The van der Waals surface area contributed by atoms with Gasteiger partial charge in [-0.2, -0.15) is 0 Å². The first kappa shape index (κ1) is 12.2. The SMILES string of the molecule is CSc1ccc(-c2nc(C)n(C)c2CN)cc1. The predicted octanol–water partition coefficient (Wildman–Crippen LogP) is 2.58. The summed E-state index contributed by atoms with van der Waals surface area (Å²) in [5.74, 6) is 0.995. The standard InChI is InChI=1S/C13H17N3S/c1-9-15-13(12(8-14)16(9)2)10-4-6-11(17-3)7-5-10/h4-7H,8,14H2,1-3H3. The molecule has 0 amide bonds. The summed E-state index contributed by atoms with van der Waals surface area (Å²) < 4.78 is 2.05. The third kappa shape index (κ3) is 2.23. The number of imidazole rings is 1. The van der Waals surface area contributed by atoms with Crippen molar-refractivity contribution in [1.82, 2.24) is 9.55 Å². The number of rotatable bonds is 3. The van der Waals surface area contributed by atoms with E-state index < -0.39 is 0 Å². The van der Waals surface area contributed by atoms with E-state index in [9.17, 15) is 0 Å². The van der Waals surface area contributed by atoms with Crippen molar-refractivity contribution in [2.45, 2.75) is 18.4 Å². The lowest BCUT2D eigenvalue weighted by molar-refractivity contribution is 0.789. The van der Waals surface area contributed by atoms with Crippen LogP contribution >= 0.6 is 11.8 Å². The van der Waals surface area contributed by atoms with Crippen LogP contribution in [0.3, 0.4) is 0 Å². The first-order valence-corrected chi connectivity index (χ1v) is 6.76. The van der Waals surface area contributed by atoms with Crippen molar-refractivity contribution < 1.29 is 0 Å². The molecule has 2 rings (SSSR count). The smallest absolute Gasteiger partial charge is 0.106 e. The van der Waals surface area contributed by atoms with Crippen LogP contribution in [0.5, 0.6) is 0 Å². The zero-order valence-corrected chi connectivity index (χ0v) is 11.2. The highest BCUT2D eigenvalue weighted by Crippen LogP contribution is 2.25. The predicted molar refractivity (Wildman–Crippen MR) is 73.1 cm³/mol. The van der Waals surface area contributed by atoms with Gasteiger partial charge in [-0.3, -0.25) is 0 Å². The fourth-order valence-corrected chi connectivity index (χ4v) is 2.28. The van der Waals surface area contributed by atoms with Crippen LogP contribution in [0, 0.1) is 6.92 Å². The highest BCUT2D eigenvalue weighted by atomic mass is 32.2. The second-order valence-electron chi connectivity index (χ2n) is 3.95. The molecule has 2 N–H and O–H groups in total. The topological polar surface area (TPSA) is 43.8 Å². The molecule has 0 aliphatic carbocycles. The molecule has 0 saturated carbocycles. The Kier molecular flexibility index (Phi) is 3.54. The van der Waals surface area contributed by atoms with E-state index in [4.69, 9.17) is 5.73 Å². The summed E-state index contributed by atoms with van der Waals surface area (Å²) in [4.78, 5) is 5.84. The minimum Gasteiger partial charge on any atom is -0.334 e. The molecular weight excluding hydrogens is 230 g/mol. The molecule has 0 atom stereocenters. The van der Waals surface area contributed by atoms with Gasteiger partial charge < -0.3 is 10.3 Å². The van der Waals surface area contributed by atoms with Crippen LogP contribution < -0.4 is 5.73 Å². The number of nitrogens with zero attached hydrogens (tertiary/aromatic N) is 2. The van der Waals surface area contributed by atoms with Gasteiger partial charge in [0.05, 0.1) is 11.4 Å². The Labute approximate surface area is 106 Å². The van der Waals surface area contributed by atoms with E-state index in [1.807, 2.05) is 14.0 Å². The third-order valence-corrected chi connectivity index (χ3v) is 3.74. The molecular formula is C13H17N3S. The Morgan fingerprint density at radius 1 is 1.29 bits per heavy atom. The first-order valence-electron chi connectivity index (χ1n) is 5.54. The Hall–Kier alpha value is -1.26. The summed E-state index contributed by atoms with van der Waals surface area (Å²) in [6, 6.07) is 8.44. The maximum Gasteiger partial charge on any atom is 0.106 e. The number of aryl methyl sites for hydroxylation is 1. The van der Waals surface area contributed by atoms with Crippen LogP contribution in [0.1, 0.15) is 11.5 Å². The lowest BCUT2D eigenvalue weighted by Gasteiger charge is -2.04. The molecule has 1 aromatic heterocycles. The van der Waals surface area contributed by atoms with E-state index in [-0.39, 0.29) is 0 Å². The maximum absolute atomic E-state index is 5.79. The average molecular weight is 247 g/mol. The van der Waals surface area contributed by atoms with E-state index in [1.165, 1.54) is 4.90 Å². The number of nitrogens with two attached hydrogens (primary N) is 1. The number of aromatic nitrogens is 2. The van der Waals surface area contributed by atoms with Crippen LogP contribution in [0.4, 0.5) is 0 Å². The van der Waals surface area contributed by atoms with E-state index in [0.717, 1.165) is 22.8 Å². The van der Waals surface area contributed by atoms with Crippen LogP contribution in [0.15, 0.2) is 29.2 Å². The van der Waals surface area contributed by atoms with Crippen LogP contribution in [-0.4, -0.2) is 15.8 Å². The van der Waals surface area contributed by atoms with Crippen molar-refractivity contribution in [3.63, 3.8) is 0 Å². The number of thioether (sulfide) groups is 1. The van der Waals surface area contributed by atoms with Gasteiger partial charge in [0.2, 0.25) is 0 Å². The molecule has 3 nitrogen and oxygen atoms in total. The summed E-state index contributed by atoms with van der Waals surface area (Å²) in [6.07, 6.45) is 2.07. The second kappa shape index (κ2) is 4.94. The summed E-state index contributed by atoms with van der Waals surface area (Å²) in [5, 5.41) is 0. The quantitative estimate of drug-likeness (QED) is 0.848. The minimum absolute atomic E-state index is 0.511. The zero-order valence-electron chi connectivity index (χ0n) is 10.4. The summed E-state index contributed by atoms with van der Waals surface area (Å²) in [7, 11) is 2.00. The van der Waals surface area contributed by atoms with Crippen molar-refractivity contribution in [3.8, 4) is 11.3 Å². The fourth-order valence-electron chi connectivity index (χ4n) is 1.87. The van der Waals surface area contributed by atoms with E-state index >= 15 is 0 Å². The van der Waals surface area contributed by atoms with Gasteiger partial charge in [-0.1, -0.05) is 12.1 Å². The minimum atomic E-state index is 0.511. The van der Waals surface area contributed by atoms with Gasteiger partial charge in [-0.05, 0) is 25.3 Å².